The third-order valence-corrected chi connectivity index (χ3v) is 6.22. The van der Waals surface area contributed by atoms with Crippen LogP contribution < -0.4 is 11.1 Å². The second-order valence-electron chi connectivity index (χ2n) is 9.19. The number of rotatable bonds is 9. The highest BCUT2D eigenvalue weighted by atomic mass is 19.4. The van der Waals surface area contributed by atoms with Crippen LogP contribution in [0, 0.1) is 5.92 Å². The molecule has 5 rings (SSSR count). The summed E-state index contributed by atoms with van der Waals surface area (Å²) in [6.07, 6.45) is -1.22. The Labute approximate surface area is 217 Å². The Balaban J connectivity index is 1.44. The van der Waals surface area contributed by atoms with Gasteiger partial charge in [0.1, 0.15) is 11.8 Å². The van der Waals surface area contributed by atoms with Gasteiger partial charge in [-0.2, -0.15) is 18.3 Å². The Morgan fingerprint density at radius 3 is 2.61 bits per heavy atom. The SMILES string of the molecule is NCc1cccc(-n2nc(C(F)(F)F)cc2C(=O)Nc2cccc(C(OCC3CC3)c3ccccn3)c2)c1. The fourth-order valence-electron chi connectivity index (χ4n) is 4.07. The van der Waals surface area contributed by atoms with Crippen LogP contribution in [0.2, 0.25) is 0 Å². The summed E-state index contributed by atoms with van der Waals surface area (Å²) < 4.78 is 47.7. The zero-order chi connectivity index (χ0) is 26.7. The van der Waals surface area contributed by atoms with Gasteiger partial charge in [0.2, 0.25) is 0 Å². The smallest absolute Gasteiger partial charge is 0.367 e. The molecule has 0 bridgehead atoms. The van der Waals surface area contributed by atoms with Crippen LogP contribution >= 0.6 is 0 Å². The molecule has 3 N–H and O–H groups in total. The lowest BCUT2D eigenvalue weighted by molar-refractivity contribution is -0.141. The van der Waals surface area contributed by atoms with Gasteiger partial charge in [-0.05, 0) is 66.3 Å². The number of carbonyl (C=O) groups is 1. The van der Waals surface area contributed by atoms with Crippen LogP contribution in [-0.4, -0.2) is 27.3 Å². The molecule has 1 aliphatic carbocycles. The number of alkyl halides is 3. The summed E-state index contributed by atoms with van der Waals surface area (Å²) in [7, 11) is 0. The van der Waals surface area contributed by atoms with E-state index in [1.807, 2.05) is 24.3 Å². The molecule has 0 aliphatic heterocycles. The first-order valence-electron chi connectivity index (χ1n) is 12.2. The summed E-state index contributed by atoms with van der Waals surface area (Å²) in [6.45, 7) is 0.787. The summed E-state index contributed by atoms with van der Waals surface area (Å²) in [5, 5.41) is 6.40. The van der Waals surface area contributed by atoms with Gasteiger partial charge in [0.15, 0.2) is 5.69 Å². The van der Waals surface area contributed by atoms with Gasteiger partial charge in [0.25, 0.3) is 5.91 Å². The quantitative estimate of drug-likeness (QED) is 0.303. The number of hydrogen-bond donors (Lipinski definition) is 2. The van der Waals surface area contributed by atoms with Gasteiger partial charge in [-0.25, -0.2) is 4.68 Å². The molecular weight excluding hydrogens is 495 g/mol. The van der Waals surface area contributed by atoms with Crippen molar-refractivity contribution in [3.63, 3.8) is 0 Å². The lowest BCUT2D eigenvalue weighted by atomic mass is 10.0. The Bertz CT molecular complexity index is 1420. The highest BCUT2D eigenvalue weighted by molar-refractivity contribution is 6.03. The normalized spacial score (nSPS) is 14.3. The molecule has 1 atom stereocenters. The highest BCUT2D eigenvalue weighted by Gasteiger charge is 2.36. The van der Waals surface area contributed by atoms with Gasteiger partial charge in [0, 0.05) is 24.5 Å². The molecule has 2 aromatic heterocycles. The van der Waals surface area contributed by atoms with E-state index in [0.717, 1.165) is 34.8 Å². The number of ether oxygens (including phenoxy) is 1. The number of halogens is 3. The zero-order valence-corrected chi connectivity index (χ0v) is 20.4. The van der Waals surface area contributed by atoms with Crippen molar-refractivity contribution in [2.24, 2.45) is 11.7 Å². The number of aromatic nitrogens is 3. The Kier molecular flexibility index (Phi) is 7.26. The van der Waals surface area contributed by atoms with Crippen molar-refractivity contribution in [3.05, 3.63) is 107 Å². The van der Waals surface area contributed by atoms with Gasteiger partial charge in [-0.3, -0.25) is 9.78 Å². The average Bonchev–Trinajstić information content (AvgIpc) is 3.63. The number of anilines is 1. The minimum absolute atomic E-state index is 0.190. The van der Waals surface area contributed by atoms with Crippen molar-refractivity contribution in [2.45, 2.75) is 31.7 Å². The Morgan fingerprint density at radius 1 is 1.08 bits per heavy atom. The number of nitrogens with zero attached hydrogens (tertiary/aromatic N) is 3. The maximum absolute atomic E-state index is 13.5. The van der Waals surface area contributed by atoms with Crippen LogP contribution in [0.3, 0.4) is 0 Å². The number of carbonyl (C=O) groups excluding carboxylic acids is 1. The fourth-order valence-corrected chi connectivity index (χ4v) is 4.07. The summed E-state index contributed by atoms with van der Waals surface area (Å²) >= 11 is 0. The molecule has 0 radical (unpaired) electrons. The van der Waals surface area contributed by atoms with Crippen LogP contribution in [0.4, 0.5) is 18.9 Å². The Hall–Kier alpha value is -4.02. The van der Waals surface area contributed by atoms with E-state index in [9.17, 15) is 18.0 Å². The van der Waals surface area contributed by atoms with Crippen molar-refractivity contribution < 1.29 is 22.7 Å². The molecule has 7 nitrogen and oxygen atoms in total. The lowest BCUT2D eigenvalue weighted by Gasteiger charge is -2.19. The minimum Gasteiger partial charge on any atom is -0.367 e. The largest absolute Gasteiger partial charge is 0.435 e. The standard InChI is InChI=1S/C28H26F3N5O2/c29-28(30,31)25-15-24(36(35-25)22-8-3-5-19(13-22)16-32)27(37)34-21-7-4-6-20(14-21)26(38-17-18-10-11-18)23-9-1-2-12-33-23/h1-9,12-15,18,26H,10-11,16-17,32H2,(H,34,37). The van der Waals surface area contributed by atoms with E-state index < -0.39 is 23.9 Å². The molecule has 2 aromatic carbocycles. The molecule has 4 aromatic rings. The highest BCUT2D eigenvalue weighted by Crippen LogP contribution is 2.34. The molecule has 0 saturated heterocycles. The van der Waals surface area contributed by atoms with E-state index >= 15 is 0 Å². The van der Waals surface area contributed by atoms with E-state index in [1.54, 1.807) is 48.7 Å². The molecule has 1 fully saturated rings. The molecule has 0 spiro atoms. The maximum Gasteiger partial charge on any atom is 0.435 e. The van der Waals surface area contributed by atoms with Crippen LogP contribution in [0.5, 0.6) is 0 Å². The lowest BCUT2D eigenvalue weighted by Crippen LogP contribution is -2.17. The molecule has 196 valence electrons. The van der Waals surface area contributed by atoms with E-state index in [4.69, 9.17) is 10.5 Å². The predicted octanol–water partition coefficient (Wildman–Crippen LogP) is 5.51. The first-order chi connectivity index (χ1) is 18.3. The molecule has 1 aliphatic rings. The van der Waals surface area contributed by atoms with Crippen LogP contribution in [0.1, 0.15) is 51.9 Å². The molecule has 10 heteroatoms. The zero-order valence-electron chi connectivity index (χ0n) is 20.4. The summed E-state index contributed by atoms with van der Waals surface area (Å²) in [5.41, 5.74) is 7.15. The van der Waals surface area contributed by atoms with E-state index in [1.165, 1.54) is 0 Å². The predicted molar refractivity (Wildman–Crippen MR) is 136 cm³/mol. The monoisotopic (exact) mass is 521 g/mol. The van der Waals surface area contributed by atoms with Crippen molar-refractivity contribution in [1.82, 2.24) is 14.8 Å². The first-order valence-corrected chi connectivity index (χ1v) is 12.2. The van der Waals surface area contributed by atoms with Gasteiger partial charge in [-0.1, -0.05) is 30.3 Å². The van der Waals surface area contributed by atoms with Crippen molar-refractivity contribution >= 4 is 11.6 Å². The van der Waals surface area contributed by atoms with Gasteiger partial charge < -0.3 is 15.8 Å². The molecular formula is C28H26F3N5O2. The second kappa shape index (κ2) is 10.8. The van der Waals surface area contributed by atoms with Crippen LogP contribution in [0.25, 0.3) is 5.69 Å². The molecule has 2 heterocycles. The number of amides is 1. The van der Waals surface area contributed by atoms with Crippen molar-refractivity contribution in [1.29, 1.82) is 0 Å². The van der Waals surface area contributed by atoms with Crippen molar-refractivity contribution in [3.8, 4) is 5.69 Å². The molecule has 1 amide bonds. The van der Waals surface area contributed by atoms with Crippen LogP contribution in [-0.2, 0) is 17.5 Å². The first kappa shape index (κ1) is 25.6. The third kappa shape index (κ3) is 5.92. The minimum atomic E-state index is -4.72. The number of benzene rings is 2. The maximum atomic E-state index is 13.5. The second-order valence-corrected chi connectivity index (χ2v) is 9.19. The van der Waals surface area contributed by atoms with Gasteiger partial charge in [-0.15, -0.1) is 0 Å². The number of nitrogens with two attached hydrogens (primary N) is 1. The van der Waals surface area contributed by atoms with Gasteiger partial charge in [0.05, 0.1) is 18.0 Å². The summed E-state index contributed by atoms with van der Waals surface area (Å²) in [4.78, 5) is 17.7. The fraction of sp³-hybridized carbons (Fsp3) is 0.250. The number of pyridine rings is 1. The van der Waals surface area contributed by atoms with E-state index in [2.05, 4.69) is 15.4 Å². The van der Waals surface area contributed by atoms with Crippen LogP contribution in [0.15, 0.2) is 79.0 Å². The molecule has 1 unspecified atom stereocenters. The summed E-state index contributed by atoms with van der Waals surface area (Å²) in [6, 6.07) is 19.9. The average molecular weight is 522 g/mol. The topological polar surface area (TPSA) is 95.1 Å². The molecule has 1 saturated carbocycles. The van der Waals surface area contributed by atoms with Crippen molar-refractivity contribution in [2.75, 3.05) is 11.9 Å². The number of nitrogens with one attached hydrogen (secondary N) is 1. The third-order valence-electron chi connectivity index (χ3n) is 6.22. The molecule has 38 heavy (non-hydrogen) atoms. The Morgan fingerprint density at radius 2 is 1.89 bits per heavy atom. The summed E-state index contributed by atoms with van der Waals surface area (Å²) in [5.74, 6) is -0.207. The number of hydrogen-bond acceptors (Lipinski definition) is 5. The van der Waals surface area contributed by atoms with E-state index in [-0.39, 0.29) is 12.2 Å². The van der Waals surface area contributed by atoms with E-state index in [0.29, 0.717) is 29.5 Å². The van der Waals surface area contributed by atoms with Gasteiger partial charge >= 0.3 is 6.18 Å².